The Morgan fingerprint density at radius 2 is 1.79 bits per heavy atom. The number of anilines is 1. The number of piperidine rings is 1. The largest absolute Gasteiger partial charge is 0.356 e. The number of aromatic nitrogens is 2. The second-order valence-electron chi connectivity index (χ2n) is 11.6. The molecule has 1 fully saturated rings. The van der Waals surface area contributed by atoms with Crippen LogP contribution in [0.1, 0.15) is 83.7 Å². The van der Waals surface area contributed by atoms with E-state index in [1.54, 1.807) is 24.3 Å². The maximum absolute atomic E-state index is 13.5. The van der Waals surface area contributed by atoms with E-state index in [0.717, 1.165) is 56.0 Å². The van der Waals surface area contributed by atoms with Gasteiger partial charge in [-0.25, -0.2) is 9.97 Å². The minimum absolute atomic E-state index is 0.0105. The van der Waals surface area contributed by atoms with Crippen LogP contribution in [0.2, 0.25) is 5.02 Å². The van der Waals surface area contributed by atoms with Gasteiger partial charge in [-0.2, -0.15) is 0 Å². The fourth-order valence-electron chi connectivity index (χ4n) is 5.50. The van der Waals surface area contributed by atoms with E-state index in [1.807, 2.05) is 42.4 Å². The van der Waals surface area contributed by atoms with Gasteiger partial charge in [0, 0.05) is 43.4 Å². The predicted octanol–water partition coefficient (Wildman–Crippen LogP) is 5.59. The Morgan fingerprint density at radius 3 is 2.51 bits per heavy atom. The van der Waals surface area contributed by atoms with Crippen molar-refractivity contribution >= 4 is 29.2 Å². The number of halogens is 1. The highest BCUT2D eigenvalue weighted by molar-refractivity contribution is 6.33. The van der Waals surface area contributed by atoms with Crippen molar-refractivity contribution in [3.63, 3.8) is 0 Å². The molecule has 1 aliphatic heterocycles. The lowest BCUT2D eigenvalue weighted by molar-refractivity contribution is 0.0709. The van der Waals surface area contributed by atoms with Crippen molar-refractivity contribution in [1.29, 1.82) is 0 Å². The summed E-state index contributed by atoms with van der Waals surface area (Å²) < 4.78 is 0. The number of amides is 2. The molecule has 2 aliphatic rings. The SMILES string of the molecule is CN(C(=O)c1ccc2c(c1)C(NC(=O)c1ccccc1Cl)CC2)C1CCN(c2ccnc(C(C)(C)C)n2)CC1. The molecule has 8 heteroatoms. The first kappa shape index (κ1) is 27.1. The van der Waals surface area contributed by atoms with Crippen molar-refractivity contribution in [1.82, 2.24) is 20.2 Å². The summed E-state index contributed by atoms with van der Waals surface area (Å²) in [6.07, 6.45) is 5.25. The molecule has 1 saturated heterocycles. The second-order valence-corrected chi connectivity index (χ2v) is 12.0. The van der Waals surface area contributed by atoms with Crippen molar-refractivity contribution < 1.29 is 9.59 Å². The third-order valence-electron chi connectivity index (χ3n) is 7.86. The highest BCUT2D eigenvalue weighted by Crippen LogP contribution is 2.33. The summed E-state index contributed by atoms with van der Waals surface area (Å²) in [6.45, 7) is 8.03. The number of carbonyl (C=O) groups excluding carboxylic acids is 2. The number of hydrogen-bond donors (Lipinski definition) is 1. The Labute approximate surface area is 235 Å². The van der Waals surface area contributed by atoms with Gasteiger partial charge in [-0.1, -0.05) is 50.6 Å². The van der Waals surface area contributed by atoms with Crippen LogP contribution in [0.3, 0.4) is 0 Å². The summed E-state index contributed by atoms with van der Waals surface area (Å²) in [6, 6.07) is 14.9. The predicted molar refractivity (Wildman–Crippen MR) is 154 cm³/mol. The minimum Gasteiger partial charge on any atom is -0.356 e. The van der Waals surface area contributed by atoms with Gasteiger partial charge in [0.15, 0.2) is 0 Å². The average molecular weight is 546 g/mol. The third kappa shape index (κ3) is 5.78. The van der Waals surface area contributed by atoms with Gasteiger partial charge in [0.05, 0.1) is 16.6 Å². The third-order valence-corrected chi connectivity index (χ3v) is 8.19. The summed E-state index contributed by atoms with van der Waals surface area (Å²) in [5.74, 6) is 1.60. The molecule has 0 bridgehead atoms. The molecular weight excluding hydrogens is 510 g/mol. The standard InChI is InChI=1S/C31H36ClN5O2/c1-31(2,3)30-33-16-13-27(35-30)37-17-14-22(15-18-37)36(4)29(39)21-10-9-20-11-12-26(24(20)19-21)34-28(38)23-7-5-6-8-25(23)32/h5-10,13,16,19,22,26H,11-12,14-15,17-18H2,1-4H3,(H,34,38). The molecule has 5 rings (SSSR count). The summed E-state index contributed by atoms with van der Waals surface area (Å²) in [4.78, 5) is 39.8. The van der Waals surface area contributed by atoms with Crippen LogP contribution in [-0.4, -0.2) is 52.9 Å². The van der Waals surface area contributed by atoms with Crippen LogP contribution in [0.15, 0.2) is 54.7 Å². The van der Waals surface area contributed by atoms with Crippen molar-refractivity contribution in [3.8, 4) is 0 Å². The zero-order valence-corrected chi connectivity index (χ0v) is 23.8. The Hall–Kier alpha value is -3.45. The molecule has 2 heterocycles. The van der Waals surface area contributed by atoms with Crippen LogP contribution in [0.25, 0.3) is 0 Å². The van der Waals surface area contributed by atoms with Crippen LogP contribution in [0.5, 0.6) is 0 Å². The Morgan fingerprint density at radius 1 is 1.05 bits per heavy atom. The average Bonchev–Trinajstić information content (AvgIpc) is 3.34. The van der Waals surface area contributed by atoms with Crippen LogP contribution < -0.4 is 10.2 Å². The number of nitrogens with one attached hydrogen (secondary N) is 1. The van der Waals surface area contributed by atoms with Gasteiger partial charge in [-0.05, 0) is 67.1 Å². The fourth-order valence-corrected chi connectivity index (χ4v) is 5.73. The first-order chi connectivity index (χ1) is 18.6. The van der Waals surface area contributed by atoms with Gasteiger partial charge in [0.25, 0.3) is 11.8 Å². The number of hydrogen-bond acceptors (Lipinski definition) is 5. The van der Waals surface area contributed by atoms with E-state index in [0.29, 0.717) is 16.1 Å². The Bertz CT molecular complexity index is 1380. The molecule has 2 aromatic carbocycles. The van der Waals surface area contributed by atoms with Crippen molar-refractivity contribution in [2.24, 2.45) is 0 Å². The fraction of sp³-hybridized carbons (Fsp3) is 0.419. The quantitative estimate of drug-likeness (QED) is 0.452. The van der Waals surface area contributed by atoms with Gasteiger partial charge < -0.3 is 15.1 Å². The summed E-state index contributed by atoms with van der Waals surface area (Å²) >= 11 is 6.23. The molecule has 0 radical (unpaired) electrons. The van der Waals surface area contributed by atoms with Crippen molar-refractivity contribution in [2.45, 2.75) is 64.0 Å². The van der Waals surface area contributed by atoms with E-state index in [-0.39, 0.29) is 29.3 Å². The van der Waals surface area contributed by atoms with E-state index in [4.69, 9.17) is 16.6 Å². The van der Waals surface area contributed by atoms with Crippen molar-refractivity contribution in [2.75, 3.05) is 25.0 Å². The van der Waals surface area contributed by atoms with Crippen LogP contribution in [0, 0.1) is 0 Å². The lowest BCUT2D eigenvalue weighted by Crippen LogP contribution is -2.46. The number of nitrogens with zero attached hydrogens (tertiary/aromatic N) is 4. The molecule has 1 atom stereocenters. The molecule has 2 amide bonds. The van der Waals surface area contributed by atoms with Crippen LogP contribution in [0.4, 0.5) is 5.82 Å². The van der Waals surface area contributed by atoms with Gasteiger partial charge in [0.1, 0.15) is 11.6 Å². The molecule has 204 valence electrons. The normalized spacial score (nSPS) is 17.6. The molecule has 1 unspecified atom stereocenters. The van der Waals surface area contributed by atoms with Gasteiger partial charge >= 0.3 is 0 Å². The maximum atomic E-state index is 13.5. The van der Waals surface area contributed by atoms with Crippen molar-refractivity contribution in [3.05, 3.63) is 87.8 Å². The first-order valence-corrected chi connectivity index (χ1v) is 14.0. The van der Waals surface area contributed by atoms with E-state index < -0.39 is 0 Å². The number of fused-ring (bicyclic) bond motifs is 1. The van der Waals surface area contributed by atoms with E-state index in [1.165, 1.54) is 5.56 Å². The monoisotopic (exact) mass is 545 g/mol. The molecule has 1 aromatic heterocycles. The molecule has 3 aromatic rings. The van der Waals surface area contributed by atoms with Gasteiger partial charge in [0.2, 0.25) is 0 Å². The van der Waals surface area contributed by atoms with E-state index in [2.05, 4.69) is 36.0 Å². The molecule has 0 spiro atoms. The highest BCUT2D eigenvalue weighted by Gasteiger charge is 2.30. The van der Waals surface area contributed by atoms with E-state index in [9.17, 15) is 9.59 Å². The molecule has 39 heavy (non-hydrogen) atoms. The summed E-state index contributed by atoms with van der Waals surface area (Å²) in [7, 11) is 1.90. The molecule has 0 saturated carbocycles. The van der Waals surface area contributed by atoms with E-state index >= 15 is 0 Å². The lowest BCUT2D eigenvalue weighted by atomic mass is 9.96. The first-order valence-electron chi connectivity index (χ1n) is 13.7. The summed E-state index contributed by atoms with van der Waals surface area (Å²) in [5, 5.41) is 3.55. The zero-order chi connectivity index (χ0) is 27.7. The van der Waals surface area contributed by atoms with Gasteiger partial charge in [-0.15, -0.1) is 0 Å². The van der Waals surface area contributed by atoms with Crippen LogP contribution in [-0.2, 0) is 11.8 Å². The lowest BCUT2D eigenvalue weighted by Gasteiger charge is -2.37. The second kappa shape index (κ2) is 11.0. The minimum atomic E-state index is -0.197. The zero-order valence-electron chi connectivity index (χ0n) is 23.1. The molecule has 7 nitrogen and oxygen atoms in total. The summed E-state index contributed by atoms with van der Waals surface area (Å²) in [5.41, 5.74) is 3.20. The smallest absolute Gasteiger partial charge is 0.253 e. The topological polar surface area (TPSA) is 78.4 Å². The highest BCUT2D eigenvalue weighted by atomic mass is 35.5. The number of aryl methyl sites for hydroxylation is 1. The Kier molecular flexibility index (Phi) is 7.63. The number of carbonyl (C=O) groups is 2. The number of benzene rings is 2. The maximum Gasteiger partial charge on any atom is 0.253 e. The Balaban J connectivity index is 1.23. The van der Waals surface area contributed by atoms with Gasteiger partial charge in [-0.3, -0.25) is 9.59 Å². The molecule has 1 N–H and O–H groups in total. The number of rotatable bonds is 5. The van der Waals surface area contributed by atoms with Crippen LogP contribution >= 0.6 is 11.6 Å². The molecular formula is C31H36ClN5O2. The molecule has 1 aliphatic carbocycles.